The van der Waals surface area contributed by atoms with E-state index in [9.17, 15) is 22.8 Å². The largest absolute Gasteiger partial charge is 0.381 e. The summed E-state index contributed by atoms with van der Waals surface area (Å²) in [4.78, 5) is 29.3. The Morgan fingerprint density at radius 3 is 2.28 bits per heavy atom. The van der Waals surface area contributed by atoms with Gasteiger partial charge in [-0.15, -0.1) is 0 Å². The van der Waals surface area contributed by atoms with Crippen LogP contribution >= 0.6 is 0 Å². The van der Waals surface area contributed by atoms with E-state index in [1.165, 1.54) is 4.90 Å². The van der Waals surface area contributed by atoms with Crippen LogP contribution in [0.1, 0.15) is 34.8 Å². The number of amides is 2. The van der Waals surface area contributed by atoms with E-state index in [1.54, 1.807) is 0 Å². The lowest BCUT2D eigenvalue weighted by atomic mass is 10.0. The average molecular weight is 502 g/mol. The summed E-state index contributed by atoms with van der Waals surface area (Å²) in [5.41, 5.74) is 0.367. The van der Waals surface area contributed by atoms with Gasteiger partial charge in [-0.25, -0.2) is 13.2 Å². The first-order chi connectivity index (χ1) is 17.4. The molecule has 6 nitrogen and oxygen atoms in total. The number of carbonyl (C=O) groups excluding carboxylic acids is 2. The summed E-state index contributed by atoms with van der Waals surface area (Å²) in [5.74, 6) is -3.79. The second kappa shape index (κ2) is 10.6. The first-order valence-electron chi connectivity index (χ1n) is 12.5. The minimum absolute atomic E-state index is 0.0223. The molecule has 0 bridgehead atoms. The van der Waals surface area contributed by atoms with Crippen molar-refractivity contribution < 1.29 is 27.5 Å². The quantitative estimate of drug-likeness (QED) is 0.632. The van der Waals surface area contributed by atoms with Crippen molar-refractivity contribution in [1.29, 1.82) is 0 Å². The second-order valence-corrected chi connectivity index (χ2v) is 10.1. The molecule has 3 heterocycles. The highest BCUT2D eigenvalue weighted by atomic mass is 19.1. The Labute approximate surface area is 208 Å². The Kier molecular flexibility index (Phi) is 7.29. The molecule has 2 amide bonds. The Morgan fingerprint density at radius 2 is 1.67 bits per heavy atom. The van der Waals surface area contributed by atoms with E-state index in [1.807, 2.05) is 30.3 Å². The molecule has 5 rings (SSSR count). The van der Waals surface area contributed by atoms with E-state index in [0.717, 1.165) is 38.0 Å². The zero-order valence-electron chi connectivity index (χ0n) is 20.0. The van der Waals surface area contributed by atoms with Crippen molar-refractivity contribution in [3.63, 3.8) is 0 Å². The summed E-state index contributed by atoms with van der Waals surface area (Å²) in [7, 11) is 0. The first-order valence-corrected chi connectivity index (χ1v) is 12.5. The monoisotopic (exact) mass is 501 g/mol. The van der Waals surface area contributed by atoms with E-state index < -0.39 is 28.9 Å². The molecule has 192 valence electrons. The lowest BCUT2D eigenvalue weighted by molar-refractivity contribution is -0.125. The Balaban J connectivity index is 1.17. The SMILES string of the molecule is O=C(N[C@@H](CCN1CC2CN(C(=O)c3c(F)cc(F)cc3F)CC2C1)c1ccccc1)C1CCOC1. The minimum Gasteiger partial charge on any atom is -0.381 e. The van der Waals surface area contributed by atoms with E-state index in [0.29, 0.717) is 38.4 Å². The average Bonchev–Trinajstić information content (AvgIpc) is 3.58. The lowest BCUT2D eigenvalue weighted by Gasteiger charge is -2.25. The molecule has 2 aromatic rings. The van der Waals surface area contributed by atoms with Crippen molar-refractivity contribution in [2.75, 3.05) is 45.9 Å². The van der Waals surface area contributed by atoms with E-state index in [4.69, 9.17) is 4.74 Å². The van der Waals surface area contributed by atoms with Crippen LogP contribution in [0.15, 0.2) is 42.5 Å². The van der Waals surface area contributed by atoms with Gasteiger partial charge < -0.3 is 19.9 Å². The topological polar surface area (TPSA) is 61.9 Å². The van der Waals surface area contributed by atoms with Crippen molar-refractivity contribution in [3.8, 4) is 0 Å². The maximum absolute atomic E-state index is 14.1. The maximum atomic E-state index is 14.1. The number of halogens is 3. The van der Waals surface area contributed by atoms with Crippen molar-refractivity contribution in [1.82, 2.24) is 15.1 Å². The number of nitrogens with one attached hydrogen (secondary N) is 1. The highest BCUT2D eigenvalue weighted by Crippen LogP contribution is 2.33. The van der Waals surface area contributed by atoms with Gasteiger partial charge in [0, 0.05) is 51.5 Å². The molecule has 3 aliphatic rings. The number of rotatable bonds is 7. The van der Waals surface area contributed by atoms with Crippen LogP contribution in [0, 0.1) is 35.2 Å². The predicted molar refractivity (Wildman–Crippen MR) is 127 cm³/mol. The van der Waals surface area contributed by atoms with Gasteiger partial charge in [0.1, 0.15) is 23.0 Å². The van der Waals surface area contributed by atoms with Gasteiger partial charge in [0.2, 0.25) is 5.91 Å². The number of ether oxygens (including phenoxy) is 1. The number of benzene rings is 2. The number of carbonyl (C=O) groups is 2. The van der Waals surface area contributed by atoms with Gasteiger partial charge in [-0.2, -0.15) is 0 Å². The third-order valence-electron chi connectivity index (χ3n) is 7.62. The van der Waals surface area contributed by atoms with Crippen LogP contribution in [0.25, 0.3) is 0 Å². The molecule has 1 N–H and O–H groups in total. The summed E-state index contributed by atoms with van der Waals surface area (Å²) in [6.45, 7) is 4.23. The Morgan fingerprint density at radius 1 is 1.00 bits per heavy atom. The molecule has 3 unspecified atom stereocenters. The molecule has 36 heavy (non-hydrogen) atoms. The third kappa shape index (κ3) is 5.27. The van der Waals surface area contributed by atoms with E-state index >= 15 is 0 Å². The van der Waals surface area contributed by atoms with E-state index in [2.05, 4.69) is 10.2 Å². The van der Waals surface area contributed by atoms with E-state index in [-0.39, 0.29) is 29.7 Å². The molecule has 0 aliphatic carbocycles. The molecular weight excluding hydrogens is 471 g/mol. The van der Waals surface area contributed by atoms with Crippen LogP contribution < -0.4 is 5.32 Å². The van der Waals surface area contributed by atoms with Gasteiger partial charge >= 0.3 is 0 Å². The van der Waals surface area contributed by atoms with Gasteiger partial charge in [-0.3, -0.25) is 9.59 Å². The zero-order valence-corrected chi connectivity index (χ0v) is 20.0. The molecule has 3 saturated heterocycles. The summed E-state index contributed by atoms with van der Waals surface area (Å²) < 4.78 is 46.8. The molecule has 3 aliphatic heterocycles. The fourth-order valence-corrected chi connectivity index (χ4v) is 5.69. The molecule has 0 radical (unpaired) electrons. The number of hydrogen-bond donors (Lipinski definition) is 1. The fraction of sp³-hybridized carbons (Fsp3) is 0.481. The van der Waals surface area contributed by atoms with Gasteiger partial charge in [0.15, 0.2) is 0 Å². The van der Waals surface area contributed by atoms with Crippen LogP contribution in [0.4, 0.5) is 13.2 Å². The van der Waals surface area contributed by atoms with Crippen LogP contribution in [0.5, 0.6) is 0 Å². The van der Waals surface area contributed by atoms with Crippen molar-refractivity contribution >= 4 is 11.8 Å². The van der Waals surface area contributed by atoms with Gasteiger partial charge in [0.05, 0.1) is 18.6 Å². The molecule has 0 saturated carbocycles. The molecule has 2 aromatic carbocycles. The molecule has 9 heteroatoms. The molecular formula is C27H30F3N3O3. The molecule has 0 spiro atoms. The van der Waals surface area contributed by atoms with Gasteiger partial charge in [0.25, 0.3) is 5.91 Å². The standard InChI is InChI=1S/C27H30F3N3O3/c28-21-10-22(29)25(23(30)11-21)27(35)33-14-19-12-32(13-20(19)15-33)8-6-24(17-4-2-1-3-5-17)31-26(34)18-7-9-36-16-18/h1-5,10-11,18-20,24H,6-9,12-16H2,(H,31,34)/t18?,19?,20?,24-/m0/s1. The zero-order chi connectivity index (χ0) is 25.2. The number of fused-ring (bicyclic) bond motifs is 1. The molecule has 4 atom stereocenters. The fourth-order valence-electron chi connectivity index (χ4n) is 5.69. The van der Waals surface area contributed by atoms with Crippen molar-refractivity contribution in [2.45, 2.75) is 18.9 Å². The summed E-state index contributed by atoms with van der Waals surface area (Å²) in [5, 5.41) is 3.21. The Bertz CT molecular complexity index is 1070. The number of likely N-dealkylation sites (tertiary alicyclic amines) is 2. The van der Waals surface area contributed by atoms with Crippen molar-refractivity contribution in [3.05, 3.63) is 71.0 Å². The number of hydrogen-bond acceptors (Lipinski definition) is 4. The summed E-state index contributed by atoms with van der Waals surface area (Å²) >= 11 is 0. The Hall–Kier alpha value is -2.91. The highest BCUT2D eigenvalue weighted by molar-refractivity contribution is 5.95. The highest BCUT2D eigenvalue weighted by Gasteiger charge is 2.42. The van der Waals surface area contributed by atoms with Crippen LogP contribution in [-0.4, -0.2) is 67.6 Å². The predicted octanol–water partition coefficient (Wildman–Crippen LogP) is 3.39. The van der Waals surface area contributed by atoms with Crippen LogP contribution in [-0.2, 0) is 9.53 Å². The summed E-state index contributed by atoms with van der Waals surface area (Å²) in [6, 6.07) is 10.9. The first kappa shape index (κ1) is 24.8. The summed E-state index contributed by atoms with van der Waals surface area (Å²) in [6.07, 6.45) is 1.49. The second-order valence-electron chi connectivity index (χ2n) is 10.1. The maximum Gasteiger partial charge on any atom is 0.259 e. The van der Waals surface area contributed by atoms with Crippen molar-refractivity contribution in [2.24, 2.45) is 17.8 Å². The van der Waals surface area contributed by atoms with Gasteiger partial charge in [-0.05, 0) is 30.2 Å². The molecule has 3 fully saturated rings. The smallest absolute Gasteiger partial charge is 0.259 e. The van der Waals surface area contributed by atoms with Crippen LogP contribution in [0.2, 0.25) is 0 Å². The van der Waals surface area contributed by atoms with Crippen LogP contribution in [0.3, 0.4) is 0 Å². The minimum atomic E-state index is -1.17. The molecule has 0 aromatic heterocycles. The van der Waals surface area contributed by atoms with Gasteiger partial charge in [-0.1, -0.05) is 30.3 Å². The third-order valence-corrected chi connectivity index (χ3v) is 7.62. The normalized spacial score (nSPS) is 24.6. The number of nitrogens with zero attached hydrogens (tertiary/aromatic N) is 2. The lowest BCUT2D eigenvalue weighted by Crippen LogP contribution is -2.37.